The van der Waals surface area contributed by atoms with Gasteiger partial charge in [0.15, 0.2) is 0 Å². The fourth-order valence-corrected chi connectivity index (χ4v) is 3.08. The largest absolute Gasteiger partial charge is 0.396 e. The third-order valence-corrected chi connectivity index (χ3v) is 4.67. The number of aromatic nitrogens is 1. The molecule has 1 saturated heterocycles. The number of pyridine rings is 1. The van der Waals surface area contributed by atoms with Gasteiger partial charge >= 0.3 is 0 Å². The van der Waals surface area contributed by atoms with Gasteiger partial charge < -0.3 is 21.1 Å². The van der Waals surface area contributed by atoms with E-state index in [1.54, 1.807) is 12.1 Å². The van der Waals surface area contributed by atoms with Gasteiger partial charge in [0.05, 0.1) is 11.9 Å². The van der Waals surface area contributed by atoms with Gasteiger partial charge in [0.2, 0.25) is 5.91 Å². The highest BCUT2D eigenvalue weighted by Gasteiger charge is 2.18. The number of carbonyl (C=O) groups excluding carboxylic acids is 1. The molecule has 1 fully saturated rings. The number of nitrogens with two attached hydrogens (primary N) is 1. The van der Waals surface area contributed by atoms with Crippen LogP contribution in [-0.4, -0.2) is 35.7 Å². The third kappa shape index (κ3) is 4.48. The van der Waals surface area contributed by atoms with Crippen molar-refractivity contribution in [1.29, 1.82) is 0 Å². The van der Waals surface area contributed by atoms with E-state index in [1.165, 1.54) is 0 Å². The molecular formula is C19H24N4O2. The summed E-state index contributed by atoms with van der Waals surface area (Å²) < 4.78 is 0. The molecule has 25 heavy (non-hydrogen) atoms. The van der Waals surface area contributed by atoms with Crippen molar-refractivity contribution < 1.29 is 9.90 Å². The normalized spacial score (nSPS) is 15.2. The first-order valence-electron chi connectivity index (χ1n) is 8.60. The Morgan fingerprint density at radius 1 is 1.28 bits per heavy atom. The maximum atomic E-state index is 11.2. The Hall–Kier alpha value is -2.60. The maximum Gasteiger partial charge on any atom is 0.248 e. The summed E-state index contributed by atoms with van der Waals surface area (Å²) in [5.41, 5.74) is 7.90. The Labute approximate surface area is 147 Å². The van der Waals surface area contributed by atoms with Crippen molar-refractivity contribution in [2.75, 3.05) is 29.9 Å². The number of benzene rings is 1. The summed E-state index contributed by atoms with van der Waals surface area (Å²) >= 11 is 0. The van der Waals surface area contributed by atoms with Crippen LogP contribution in [0.25, 0.3) is 0 Å². The van der Waals surface area contributed by atoms with Crippen LogP contribution < -0.4 is 16.0 Å². The lowest BCUT2D eigenvalue weighted by atomic mass is 9.98. The second kappa shape index (κ2) is 7.98. The summed E-state index contributed by atoms with van der Waals surface area (Å²) in [6.07, 6.45) is 3.92. The Morgan fingerprint density at radius 3 is 2.72 bits per heavy atom. The fraction of sp³-hybridized carbons (Fsp3) is 0.368. The minimum atomic E-state index is -0.422. The van der Waals surface area contributed by atoms with E-state index < -0.39 is 5.91 Å². The first kappa shape index (κ1) is 17.2. The van der Waals surface area contributed by atoms with Gasteiger partial charge in [-0.05, 0) is 48.6 Å². The van der Waals surface area contributed by atoms with Crippen molar-refractivity contribution in [1.82, 2.24) is 4.98 Å². The van der Waals surface area contributed by atoms with E-state index in [4.69, 9.17) is 5.73 Å². The van der Waals surface area contributed by atoms with E-state index in [0.29, 0.717) is 18.0 Å². The number of aliphatic hydroxyl groups excluding tert-OH is 1. The molecule has 0 radical (unpaired) electrons. The highest BCUT2D eigenvalue weighted by molar-refractivity contribution is 5.92. The lowest BCUT2D eigenvalue weighted by molar-refractivity contribution is 0.1000. The Kier molecular flexibility index (Phi) is 5.50. The minimum Gasteiger partial charge on any atom is -0.396 e. The standard InChI is InChI=1S/C19H24N4O2/c20-19(25)16-3-1-2-15(10-16)11-21-18-5-4-17(12-22-18)23-8-6-14(13-24)7-9-23/h1-5,10,12,14,24H,6-9,11,13H2,(H2,20,25)(H,21,22). The van der Waals surface area contributed by atoms with Gasteiger partial charge in [0.1, 0.15) is 5.82 Å². The van der Waals surface area contributed by atoms with E-state index in [1.807, 2.05) is 24.4 Å². The Morgan fingerprint density at radius 2 is 2.08 bits per heavy atom. The molecule has 1 aliphatic heterocycles. The lowest BCUT2D eigenvalue weighted by Gasteiger charge is -2.32. The van der Waals surface area contributed by atoms with Crippen molar-refractivity contribution in [2.24, 2.45) is 11.7 Å². The van der Waals surface area contributed by atoms with Gasteiger partial charge in [0, 0.05) is 31.8 Å². The summed E-state index contributed by atoms with van der Waals surface area (Å²) in [5, 5.41) is 12.5. The molecule has 6 heteroatoms. The quantitative estimate of drug-likeness (QED) is 0.748. The lowest BCUT2D eigenvalue weighted by Crippen LogP contribution is -2.34. The molecule has 0 spiro atoms. The average molecular weight is 340 g/mol. The number of hydrogen-bond donors (Lipinski definition) is 3. The number of aliphatic hydroxyl groups is 1. The second-order valence-electron chi connectivity index (χ2n) is 6.43. The number of piperidine rings is 1. The maximum absolute atomic E-state index is 11.2. The third-order valence-electron chi connectivity index (χ3n) is 4.67. The van der Waals surface area contributed by atoms with Gasteiger partial charge in [-0.3, -0.25) is 4.79 Å². The molecule has 0 saturated carbocycles. The number of primary amides is 1. The zero-order valence-electron chi connectivity index (χ0n) is 14.2. The van der Waals surface area contributed by atoms with E-state index in [0.717, 1.165) is 43.0 Å². The highest BCUT2D eigenvalue weighted by Crippen LogP contribution is 2.23. The molecule has 3 rings (SSSR count). The van der Waals surface area contributed by atoms with Crippen LogP contribution in [0, 0.1) is 5.92 Å². The molecule has 1 aliphatic rings. The summed E-state index contributed by atoms with van der Waals surface area (Å²) in [6.45, 7) is 2.78. The van der Waals surface area contributed by atoms with Crippen molar-refractivity contribution in [3.05, 3.63) is 53.7 Å². The molecule has 1 aromatic carbocycles. The Balaban J connectivity index is 1.56. The highest BCUT2D eigenvalue weighted by atomic mass is 16.3. The molecule has 0 aliphatic carbocycles. The molecular weight excluding hydrogens is 316 g/mol. The number of nitrogens with zero attached hydrogens (tertiary/aromatic N) is 2. The monoisotopic (exact) mass is 340 g/mol. The van der Waals surface area contributed by atoms with Crippen LogP contribution in [-0.2, 0) is 6.54 Å². The van der Waals surface area contributed by atoms with Gasteiger partial charge in [-0.25, -0.2) is 4.98 Å². The summed E-state index contributed by atoms with van der Waals surface area (Å²) in [6, 6.07) is 11.3. The predicted molar refractivity (Wildman–Crippen MR) is 98.5 cm³/mol. The van der Waals surface area contributed by atoms with Crippen LogP contribution in [0.1, 0.15) is 28.8 Å². The molecule has 4 N–H and O–H groups in total. The second-order valence-corrected chi connectivity index (χ2v) is 6.43. The van der Waals surface area contributed by atoms with E-state index in [-0.39, 0.29) is 6.61 Å². The van der Waals surface area contributed by atoms with Gasteiger partial charge in [-0.1, -0.05) is 12.1 Å². The smallest absolute Gasteiger partial charge is 0.248 e. The number of nitrogens with one attached hydrogen (secondary N) is 1. The van der Waals surface area contributed by atoms with E-state index >= 15 is 0 Å². The van der Waals surface area contributed by atoms with Crippen LogP contribution >= 0.6 is 0 Å². The first-order chi connectivity index (χ1) is 12.2. The van der Waals surface area contributed by atoms with Crippen LogP contribution in [0.3, 0.4) is 0 Å². The SMILES string of the molecule is NC(=O)c1cccc(CNc2ccc(N3CCC(CO)CC3)cn2)c1. The van der Waals surface area contributed by atoms with Crippen LogP contribution in [0.4, 0.5) is 11.5 Å². The van der Waals surface area contributed by atoms with Crippen molar-refractivity contribution in [2.45, 2.75) is 19.4 Å². The zero-order valence-corrected chi connectivity index (χ0v) is 14.2. The number of anilines is 2. The van der Waals surface area contributed by atoms with Crippen LogP contribution in [0.15, 0.2) is 42.6 Å². The zero-order chi connectivity index (χ0) is 17.6. The number of hydrogen-bond acceptors (Lipinski definition) is 5. The van der Waals surface area contributed by atoms with E-state index in [2.05, 4.69) is 21.3 Å². The van der Waals surface area contributed by atoms with Crippen molar-refractivity contribution >= 4 is 17.4 Å². The average Bonchev–Trinajstić information content (AvgIpc) is 2.67. The van der Waals surface area contributed by atoms with Crippen molar-refractivity contribution in [3.8, 4) is 0 Å². The molecule has 0 unspecified atom stereocenters. The fourth-order valence-electron chi connectivity index (χ4n) is 3.08. The van der Waals surface area contributed by atoms with E-state index in [9.17, 15) is 9.90 Å². The first-order valence-corrected chi connectivity index (χ1v) is 8.60. The molecule has 1 amide bonds. The molecule has 6 nitrogen and oxygen atoms in total. The van der Waals surface area contributed by atoms with Crippen LogP contribution in [0.2, 0.25) is 0 Å². The number of rotatable bonds is 6. The topological polar surface area (TPSA) is 91.5 Å². The molecule has 2 aromatic rings. The predicted octanol–water partition coefficient (Wildman–Crippen LogP) is 2.00. The minimum absolute atomic E-state index is 0.284. The van der Waals surface area contributed by atoms with Crippen LogP contribution in [0.5, 0.6) is 0 Å². The van der Waals surface area contributed by atoms with Gasteiger partial charge in [0.25, 0.3) is 0 Å². The molecule has 132 valence electrons. The number of amides is 1. The Bertz CT molecular complexity index is 710. The van der Waals surface area contributed by atoms with Gasteiger partial charge in [-0.15, -0.1) is 0 Å². The molecule has 1 aromatic heterocycles. The molecule has 0 bridgehead atoms. The molecule has 0 atom stereocenters. The molecule has 2 heterocycles. The summed E-state index contributed by atoms with van der Waals surface area (Å²) in [4.78, 5) is 18.0. The summed E-state index contributed by atoms with van der Waals surface area (Å²) in [7, 11) is 0. The van der Waals surface area contributed by atoms with Crippen molar-refractivity contribution in [3.63, 3.8) is 0 Å². The number of carbonyl (C=O) groups is 1. The summed E-state index contributed by atoms with van der Waals surface area (Å²) in [5.74, 6) is 0.800. The van der Waals surface area contributed by atoms with Gasteiger partial charge in [-0.2, -0.15) is 0 Å².